The summed E-state index contributed by atoms with van der Waals surface area (Å²) in [5.41, 5.74) is 3.23. The first-order chi connectivity index (χ1) is 9.70. The van der Waals surface area contributed by atoms with Gasteiger partial charge in [0.15, 0.2) is 0 Å². The second kappa shape index (κ2) is 5.46. The molecule has 2 aromatic rings. The van der Waals surface area contributed by atoms with Crippen molar-refractivity contribution < 1.29 is 9.53 Å². The van der Waals surface area contributed by atoms with Crippen molar-refractivity contribution in [1.82, 2.24) is 0 Å². The van der Waals surface area contributed by atoms with Crippen LogP contribution in [0.25, 0.3) is 10.4 Å². The van der Waals surface area contributed by atoms with Crippen molar-refractivity contribution in [2.75, 3.05) is 17.6 Å². The summed E-state index contributed by atoms with van der Waals surface area (Å²) in [6.45, 7) is 2.94. The molecule has 2 heterocycles. The maximum atomic E-state index is 11.9. The van der Waals surface area contributed by atoms with Crippen molar-refractivity contribution in [3.8, 4) is 10.4 Å². The molecule has 0 spiro atoms. The third-order valence-electron chi connectivity index (χ3n) is 3.27. The largest absolute Gasteiger partial charge is 0.462 e. The highest BCUT2D eigenvalue weighted by Crippen LogP contribution is 2.41. The molecule has 1 aromatic heterocycles. The molecule has 0 fully saturated rings. The van der Waals surface area contributed by atoms with Crippen LogP contribution in [-0.4, -0.2) is 19.1 Å². The number of benzene rings is 1. The molecule has 0 saturated heterocycles. The number of hydrogen-bond acceptors (Lipinski definition) is 4. The normalized spacial score (nSPS) is 13.4. The number of hydrogen-bond donors (Lipinski definition) is 0. The molecule has 0 radical (unpaired) electrons. The van der Waals surface area contributed by atoms with Crippen LogP contribution < -0.4 is 4.42 Å². The fourth-order valence-electron chi connectivity index (χ4n) is 2.36. The Morgan fingerprint density at radius 1 is 1.45 bits per heavy atom. The lowest BCUT2D eigenvalue weighted by molar-refractivity contribution is 0.0532. The van der Waals surface area contributed by atoms with Gasteiger partial charge in [-0.05, 0) is 31.0 Å². The van der Waals surface area contributed by atoms with Crippen LogP contribution in [0.4, 0.5) is 5.69 Å². The van der Waals surface area contributed by atoms with E-state index < -0.39 is 0 Å². The number of nitrogens with zero attached hydrogens (tertiary/aromatic N) is 1. The van der Waals surface area contributed by atoms with Crippen molar-refractivity contribution in [3.63, 3.8) is 0 Å². The van der Waals surface area contributed by atoms with Crippen LogP contribution in [0.2, 0.25) is 0 Å². The van der Waals surface area contributed by atoms with Crippen LogP contribution >= 0.6 is 23.1 Å². The molecular weight excluding hydrogens is 294 g/mol. The summed E-state index contributed by atoms with van der Waals surface area (Å²) in [6, 6.07) is 9.94. The van der Waals surface area contributed by atoms with Crippen LogP contribution in [0.15, 0.2) is 30.3 Å². The molecule has 1 aromatic carbocycles. The molecule has 0 atom stereocenters. The molecule has 1 aliphatic heterocycles. The maximum absolute atomic E-state index is 11.9. The van der Waals surface area contributed by atoms with Gasteiger partial charge in [-0.1, -0.05) is 18.2 Å². The van der Waals surface area contributed by atoms with Crippen molar-refractivity contribution in [2.45, 2.75) is 13.3 Å². The van der Waals surface area contributed by atoms with E-state index in [9.17, 15) is 4.79 Å². The molecule has 0 amide bonds. The topological polar surface area (TPSA) is 29.5 Å². The standard InChI is InChI=1S/C15H14ClNO2S/c1-2-19-15(18)13-9-10-7-8-17(16)12-6-4-3-5-11(12)14(10)20-13/h3-6,9H,2,7-8H2,1H3. The summed E-state index contributed by atoms with van der Waals surface area (Å²) in [7, 11) is 0. The number of esters is 1. The van der Waals surface area contributed by atoms with Gasteiger partial charge in [-0.25, -0.2) is 4.79 Å². The van der Waals surface area contributed by atoms with Crippen LogP contribution in [0.3, 0.4) is 0 Å². The summed E-state index contributed by atoms with van der Waals surface area (Å²) >= 11 is 7.78. The van der Waals surface area contributed by atoms with Gasteiger partial charge in [0.1, 0.15) is 4.88 Å². The zero-order valence-electron chi connectivity index (χ0n) is 11.1. The van der Waals surface area contributed by atoms with Gasteiger partial charge in [0, 0.05) is 28.8 Å². The number of ether oxygens (including phenoxy) is 1. The number of carbonyl (C=O) groups is 1. The Hall–Kier alpha value is -1.52. The molecule has 0 N–H and O–H groups in total. The lowest BCUT2D eigenvalue weighted by atomic mass is 10.1. The van der Waals surface area contributed by atoms with Gasteiger partial charge in [0.2, 0.25) is 0 Å². The SMILES string of the molecule is CCOC(=O)c1cc2c(s1)-c1ccccc1N(Cl)CC2. The van der Waals surface area contributed by atoms with E-state index >= 15 is 0 Å². The first-order valence-electron chi connectivity index (χ1n) is 6.53. The molecule has 104 valence electrons. The third-order valence-corrected chi connectivity index (χ3v) is 4.81. The zero-order valence-corrected chi connectivity index (χ0v) is 12.6. The van der Waals surface area contributed by atoms with Gasteiger partial charge in [-0.15, -0.1) is 11.3 Å². The summed E-state index contributed by atoms with van der Waals surface area (Å²) in [4.78, 5) is 13.7. The van der Waals surface area contributed by atoms with E-state index in [2.05, 4.69) is 0 Å². The summed E-state index contributed by atoms with van der Waals surface area (Å²) < 4.78 is 6.82. The first-order valence-corrected chi connectivity index (χ1v) is 7.68. The summed E-state index contributed by atoms with van der Waals surface area (Å²) in [6.07, 6.45) is 0.823. The van der Waals surface area contributed by atoms with Crippen molar-refractivity contribution in [3.05, 3.63) is 40.8 Å². The molecule has 0 unspecified atom stereocenters. The predicted octanol–water partition coefficient (Wildman–Crippen LogP) is 4.11. The molecule has 5 heteroatoms. The van der Waals surface area contributed by atoms with Crippen LogP contribution in [0.5, 0.6) is 0 Å². The Morgan fingerprint density at radius 3 is 3.05 bits per heavy atom. The minimum absolute atomic E-state index is 0.245. The molecular formula is C15H14ClNO2S. The molecule has 3 rings (SSSR count). The second-order valence-corrected chi connectivity index (χ2v) is 6.00. The second-order valence-electron chi connectivity index (χ2n) is 4.54. The van der Waals surface area contributed by atoms with Gasteiger partial charge in [0.05, 0.1) is 12.3 Å². The van der Waals surface area contributed by atoms with Gasteiger partial charge in [0.25, 0.3) is 0 Å². The Labute approximate surface area is 126 Å². The summed E-state index contributed by atoms with van der Waals surface area (Å²) in [5.74, 6) is -0.245. The van der Waals surface area contributed by atoms with Crippen LogP contribution in [-0.2, 0) is 11.2 Å². The fraction of sp³-hybridized carbons (Fsp3) is 0.267. The smallest absolute Gasteiger partial charge is 0.348 e. The van der Waals surface area contributed by atoms with Crippen molar-refractivity contribution in [2.24, 2.45) is 0 Å². The Bertz CT molecular complexity index is 653. The Morgan fingerprint density at radius 2 is 2.25 bits per heavy atom. The van der Waals surface area contributed by atoms with Crippen molar-refractivity contribution in [1.29, 1.82) is 0 Å². The van der Waals surface area contributed by atoms with E-state index in [1.165, 1.54) is 11.3 Å². The average molecular weight is 308 g/mol. The Kier molecular flexibility index (Phi) is 3.68. The van der Waals surface area contributed by atoms with E-state index in [-0.39, 0.29) is 5.97 Å². The average Bonchev–Trinajstić information content (AvgIpc) is 2.84. The third kappa shape index (κ3) is 2.30. The van der Waals surface area contributed by atoms with E-state index in [0.717, 1.165) is 34.7 Å². The number of carbonyl (C=O) groups excluding carboxylic acids is 1. The minimum Gasteiger partial charge on any atom is -0.462 e. The molecule has 20 heavy (non-hydrogen) atoms. The number of thiophene rings is 1. The molecule has 0 aliphatic carbocycles. The first kappa shape index (κ1) is 13.5. The lowest BCUT2D eigenvalue weighted by Crippen LogP contribution is -2.12. The summed E-state index contributed by atoms with van der Waals surface area (Å²) in [5, 5.41) is 0. The molecule has 3 nitrogen and oxygen atoms in total. The number of para-hydroxylation sites is 1. The molecule has 0 saturated carbocycles. The predicted molar refractivity (Wildman–Crippen MR) is 82.6 cm³/mol. The van der Waals surface area contributed by atoms with Gasteiger partial charge in [-0.3, -0.25) is 4.42 Å². The van der Waals surface area contributed by atoms with Crippen LogP contribution in [0.1, 0.15) is 22.2 Å². The number of halogens is 1. The highest BCUT2D eigenvalue weighted by atomic mass is 35.5. The van der Waals surface area contributed by atoms with Crippen LogP contribution in [0, 0.1) is 0 Å². The van der Waals surface area contributed by atoms with Gasteiger partial charge < -0.3 is 4.74 Å². The van der Waals surface area contributed by atoms with Gasteiger partial charge >= 0.3 is 5.97 Å². The zero-order chi connectivity index (χ0) is 14.1. The fourth-order valence-corrected chi connectivity index (χ4v) is 3.73. The molecule has 1 aliphatic rings. The van der Waals surface area contributed by atoms with E-state index in [0.29, 0.717) is 11.5 Å². The monoisotopic (exact) mass is 307 g/mol. The van der Waals surface area contributed by atoms with Gasteiger partial charge in [-0.2, -0.15) is 0 Å². The minimum atomic E-state index is -0.245. The molecule has 0 bridgehead atoms. The highest BCUT2D eigenvalue weighted by molar-refractivity contribution is 7.17. The lowest BCUT2D eigenvalue weighted by Gasteiger charge is -2.15. The van der Waals surface area contributed by atoms with Crippen molar-refractivity contribution >= 4 is 34.8 Å². The Balaban J connectivity index is 2.09. The number of anilines is 1. The number of rotatable bonds is 2. The number of fused-ring (bicyclic) bond motifs is 3. The quantitative estimate of drug-likeness (QED) is 0.618. The van der Waals surface area contributed by atoms with E-state index in [1.54, 1.807) is 4.42 Å². The van der Waals surface area contributed by atoms with E-state index in [1.807, 2.05) is 37.3 Å². The van der Waals surface area contributed by atoms with E-state index in [4.69, 9.17) is 16.5 Å². The highest BCUT2D eigenvalue weighted by Gasteiger charge is 2.23. The maximum Gasteiger partial charge on any atom is 0.348 e.